The molecule has 0 aliphatic heterocycles. The minimum Gasteiger partial charge on any atom is -0.399 e. The Bertz CT molecular complexity index is 777. The smallest absolute Gasteiger partial charge is 0.243 e. The molecule has 0 amide bonds. The van der Waals surface area contributed by atoms with Gasteiger partial charge in [-0.15, -0.1) is 0 Å². The summed E-state index contributed by atoms with van der Waals surface area (Å²) in [6, 6.07) is 14.9. The lowest BCUT2D eigenvalue weighted by molar-refractivity contribution is 0.467. The number of benzene rings is 2. The third-order valence-corrected chi connectivity index (χ3v) is 4.87. The summed E-state index contributed by atoms with van der Waals surface area (Å²) >= 11 is 0. The minimum absolute atomic E-state index is 0.160. The van der Waals surface area contributed by atoms with E-state index in [9.17, 15) is 8.42 Å². The van der Waals surface area contributed by atoms with Crippen LogP contribution in [-0.2, 0) is 16.6 Å². The SMILES string of the molecule is CN(Cc1cccc(N)c1)S(=O)(=O)c1ccc(C#N)cc1. The first-order valence-electron chi connectivity index (χ1n) is 6.24. The summed E-state index contributed by atoms with van der Waals surface area (Å²) in [4.78, 5) is 0.160. The van der Waals surface area contributed by atoms with Gasteiger partial charge in [0.05, 0.1) is 16.5 Å². The van der Waals surface area contributed by atoms with E-state index in [0.717, 1.165) is 5.56 Å². The van der Waals surface area contributed by atoms with E-state index in [2.05, 4.69) is 0 Å². The molecule has 2 rings (SSSR count). The molecule has 0 heterocycles. The maximum absolute atomic E-state index is 12.4. The quantitative estimate of drug-likeness (QED) is 0.874. The molecule has 0 aliphatic rings. The van der Waals surface area contributed by atoms with Crippen molar-refractivity contribution in [3.63, 3.8) is 0 Å². The number of nitrogens with zero attached hydrogens (tertiary/aromatic N) is 2. The third kappa shape index (κ3) is 3.40. The molecular formula is C15H15N3O2S. The molecule has 108 valence electrons. The van der Waals surface area contributed by atoms with Crippen molar-refractivity contribution in [2.75, 3.05) is 12.8 Å². The van der Waals surface area contributed by atoms with Crippen molar-refractivity contribution in [1.82, 2.24) is 4.31 Å². The van der Waals surface area contributed by atoms with Crippen LogP contribution in [-0.4, -0.2) is 19.8 Å². The minimum atomic E-state index is -3.59. The van der Waals surface area contributed by atoms with Gasteiger partial charge in [-0.2, -0.15) is 9.57 Å². The zero-order valence-electron chi connectivity index (χ0n) is 11.5. The van der Waals surface area contributed by atoms with Gasteiger partial charge in [-0.3, -0.25) is 0 Å². The standard InChI is InChI=1S/C15H15N3O2S/c1-18(11-13-3-2-4-14(17)9-13)21(19,20)15-7-5-12(10-16)6-8-15/h2-9H,11,17H2,1H3. The normalized spacial score (nSPS) is 11.3. The van der Waals surface area contributed by atoms with Gasteiger partial charge in [0.15, 0.2) is 0 Å². The Morgan fingerprint density at radius 1 is 1.19 bits per heavy atom. The van der Waals surface area contributed by atoms with Gasteiger partial charge in [0, 0.05) is 19.3 Å². The van der Waals surface area contributed by atoms with Crippen molar-refractivity contribution >= 4 is 15.7 Å². The number of hydrogen-bond acceptors (Lipinski definition) is 4. The number of sulfonamides is 1. The summed E-state index contributed by atoms with van der Waals surface area (Å²) in [7, 11) is -2.08. The first-order chi connectivity index (χ1) is 9.93. The maximum atomic E-state index is 12.4. The zero-order chi connectivity index (χ0) is 15.5. The van der Waals surface area contributed by atoms with E-state index in [-0.39, 0.29) is 11.4 Å². The fraction of sp³-hybridized carbons (Fsp3) is 0.133. The molecule has 21 heavy (non-hydrogen) atoms. The number of nitrogens with two attached hydrogens (primary N) is 1. The Kier molecular flexibility index (Phi) is 4.26. The number of nitriles is 1. The fourth-order valence-corrected chi connectivity index (χ4v) is 3.07. The molecule has 0 radical (unpaired) electrons. The highest BCUT2D eigenvalue weighted by atomic mass is 32.2. The third-order valence-electron chi connectivity index (χ3n) is 3.05. The van der Waals surface area contributed by atoms with E-state index in [0.29, 0.717) is 11.3 Å². The number of anilines is 1. The predicted molar refractivity (Wildman–Crippen MR) is 80.7 cm³/mol. The molecule has 0 aromatic heterocycles. The van der Waals surface area contributed by atoms with Gasteiger partial charge in [-0.25, -0.2) is 8.42 Å². The van der Waals surface area contributed by atoms with E-state index in [1.54, 1.807) is 18.2 Å². The summed E-state index contributed by atoms with van der Waals surface area (Å²) in [5, 5.41) is 8.74. The highest BCUT2D eigenvalue weighted by molar-refractivity contribution is 7.89. The van der Waals surface area contributed by atoms with Crippen LogP contribution in [0, 0.1) is 11.3 Å². The Hall–Kier alpha value is -2.36. The summed E-state index contributed by atoms with van der Waals surface area (Å²) in [6.07, 6.45) is 0. The van der Waals surface area contributed by atoms with Gasteiger partial charge < -0.3 is 5.73 Å². The number of rotatable bonds is 4. The lowest BCUT2D eigenvalue weighted by Crippen LogP contribution is -2.26. The molecule has 0 spiro atoms. The topological polar surface area (TPSA) is 87.2 Å². The highest BCUT2D eigenvalue weighted by Crippen LogP contribution is 2.18. The molecular weight excluding hydrogens is 286 g/mol. The molecule has 0 atom stereocenters. The van der Waals surface area contributed by atoms with Crippen LogP contribution in [0.1, 0.15) is 11.1 Å². The van der Waals surface area contributed by atoms with Crippen LogP contribution in [0.25, 0.3) is 0 Å². The van der Waals surface area contributed by atoms with Crippen molar-refractivity contribution in [1.29, 1.82) is 5.26 Å². The van der Waals surface area contributed by atoms with Gasteiger partial charge in [-0.1, -0.05) is 12.1 Å². The van der Waals surface area contributed by atoms with Crippen LogP contribution in [0.15, 0.2) is 53.4 Å². The molecule has 0 fully saturated rings. The summed E-state index contributed by atoms with van der Waals surface area (Å²) < 4.78 is 26.1. The van der Waals surface area contributed by atoms with Crippen LogP contribution < -0.4 is 5.73 Å². The average Bonchev–Trinajstić information content (AvgIpc) is 2.47. The van der Waals surface area contributed by atoms with E-state index >= 15 is 0 Å². The Morgan fingerprint density at radius 2 is 1.86 bits per heavy atom. The molecule has 5 nitrogen and oxygen atoms in total. The van der Waals surface area contributed by atoms with Crippen molar-refractivity contribution < 1.29 is 8.42 Å². The lowest BCUT2D eigenvalue weighted by Gasteiger charge is -2.17. The van der Waals surface area contributed by atoms with Crippen LogP contribution in [0.4, 0.5) is 5.69 Å². The molecule has 0 saturated heterocycles. The molecule has 6 heteroatoms. The fourth-order valence-electron chi connectivity index (χ4n) is 1.91. The molecule has 2 N–H and O–H groups in total. The number of nitrogen functional groups attached to an aromatic ring is 1. The van der Waals surface area contributed by atoms with Gasteiger partial charge in [-0.05, 0) is 42.0 Å². The monoisotopic (exact) mass is 301 g/mol. The second kappa shape index (κ2) is 5.95. The van der Waals surface area contributed by atoms with Crippen LogP contribution in [0.5, 0.6) is 0 Å². The van der Waals surface area contributed by atoms with Crippen LogP contribution >= 0.6 is 0 Å². The summed E-state index contributed by atoms with van der Waals surface area (Å²) in [5.41, 5.74) is 7.52. The second-order valence-corrected chi connectivity index (χ2v) is 6.69. The van der Waals surface area contributed by atoms with Gasteiger partial charge in [0.2, 0.25) is 10.0 Å². The van der Waals surface area contributed by atoms with Crippen molar-refractivity contribution in [2.24, 2.45) is 0 Å². The summed E-state index contributed by atoms with van der Waals surface area (Å²) in [5.74, 6) is 0. The van der Waals surface area contributed by atoms with E-state index < -0.39 is 10.0 Å². The van der Waals surface area contributed by atoms with Gasteiger partial charge >= 0.3 is 0 Å². The molecule has 0 bridgehead atoms. The molecule has 2 aromatic rings. The predicted octanol–water partition coefficient (Wildman–Crippen LogP) is 1.96. The maximum Gasteiger partial charge on any atom is 0.243 e. The van der Waals surface area contributed by atoms with E-state index in [4.69, 9.17) is 11.0 Å². The molecule has 0 unspecified atom stereocenters. The highest BCUT2D eigenvalue weighted by Gasteiger charge is 2.20. The zero-order valence-corrected chi connectivity index (χ0v) is 12.3. The van der Waals surface area contributed by atoms with Gasteiger partial charge in [0.1, 0.15) is 0 Å². The molecule has 0 saturated carbocycles. The lowest BCUT2D eigenvalue weighted by atomic mass is 10.2. The Balaban J connectivity index is 2.24. The average molecular weight is 301 g/mol. The van der Waals surface area contributed by atoms with Crippen molar-refractivity contribution in [2.45, 2.75) is 11.4 Å². The van der Waals surface area contributed by atoms with E-state index in [1.807, 2.05) is 12.1 Å². The van der Waals surface area contributed by atoms with Crippen molar-refractivity contribution in [3.05, 3.63) is 59.7 Å². The molecule has 0 aliphatic carbocycles. The van der Waals surface area contributed by atoms with E-state index in [1.165, 1.54) is 35.6 Å². The molecule has 2 aromatic carbocycles. The first-order valence-corrected chi connectivity index (χ1v) is 7.68. The first kappa shape index (κ1) is 15.0. The largest absolute Gasteiger partial charge is 0.399 e. The Morgan fingerprint density at radius 3 is 2.43 bits per heavy atom. The summed E-state index contributed by atoms with van der Waals surface area (Å²) in [6.45, 7) is 0.230. The Labute approximate surface area is 124 Å². The van der Waals surface area contributed by atoms with Crippen LogP contribution in [0.3, 0.4) is 0 Å². The second-order valence-electron chi connectivity index (χ2n) is 4.64. The van der Waals surface area contributed by atoms with Gasteiger partial charge in [0.25, 0.3) is 0 Å². The van der Waals surface area contributed by atoms with Crippen LogP contribution in [0.2, 0.25) is 0 Å². The number of hydrogen-bond donors (Lipinski definition) is 1. The van der Waals surface area contributed by atoms with Crippen molar-refractivity contribution in [3.8, 4) is 6.07 Å².